The highest BCUT2D eigenvalue weighted by molar-refractivity contribution is 7.92. The summed E-state index contributed by atoms with van der Waals surface area (Å²) >= 11 is 0. The molecule has 1 heterocycles. The summed E-state index contributed by atoms with van der Waals surface area (Å²) in [5.41, 5.74) is 0.365. The van der Waals surface area contributed by atoms with E-state index in [0.29, 0.717) is 11.5 Å². The zero-order chi connectivity index (χ0) is 14.9. The Balaban J connectivity index is 2.28. The average molecular weight is 299 g/mol. The Kier molecular flexibility index (Phi) is 3.76. The molecule has 0 radical (unpaired) electrons. The third-order valence-corrected chi connectivity index (χ3v) is 3.93. The average Bonchev–Trinajstić information content (AvgIpc) is 2.80. The predicted molar refractivity (Wildman–Crippen MR) is 70.3 cm³/mol. The maximum atomic E-state index is 13.4. The van der Waals surface area contributed by atoms with Crippen LogP contribution in [0.5, 0.6) is 0 Å². The largest absolute Gasteiger partial charge is 0.407 e. The van der Waals surface area contributed by atoms with E-state index in [0.717, 1.165) is 6.07 Å². The number of anilines is 1. The van der Waals surface area contributed by atoms with Gasteiger partial charge in [-0.2, -0.15) is 0 Å². The summed E-state index contributed by atoms with van der Waals surface area (Å²) in [6.45, 7) is 5.22. The number of hydrogen-bond donors (Lipinski definition) is 1. The zero-order valence-corrected chi connectivity index (χ0v) is 12.0. The minimum atomic E-state index is -3.95. The van der Waals surface area contributed by atoms with E-state index >= 15 is 0 Å². The molecule has 1 aromatic carbocycles. The molecule has 1 N–H and O–H groups in total. The van der Waals surface area contributed by atoms with E-state index in [9.17, 15) is 12.8 Å². The molecule has 0 atom stereocenters. The van der Waals surface area contributed by atoms with Gasteiger partial charge < -0.3 is 4.42 Å². The molecule has 2 rings (SSSR count). The first kappa shape index (κ1) is 14.4. The Bertz CT molecular complexity index is 725. The van der Waals surface area contributed by atoms with Crippen molar-refractivity contribution in [1.82, 2.24) is 10.2 Å². The fraction of sp³-hybridized carbons (Fsp3) is 0.333. The topological polar surface area (TPSA) is 85.1 Å². The number of hydrogen-bond acceptors (Lipinski definition) is 5. The molecule has 0 saturated carbocycles. The Morgan fingerprint density at radius 1 is 1.30 bits per heavy atom. The van der Waals surface area contributed by atoms with Crippen molar-refractivity contribution in [1.29, 1.82) is 0 Å². The number of rotatable bonds is 4. The van der Waals surface area contributed by atoms with E-state index in [2.05, 4.69) is 14.9 Å². The molecule has 0 amide bonds. The highest BCUT2D eigenvalue weighted by Crippen LogP contribution is 2.19. The van der Waals surface area contributed by atoms with Gasteiger partial charge in [-0.3, -0.25) is 0 Å². The molecule has 0 fully saturated rings. The molecule has 2 aromatic rings. The Morgan fingerprint density at radius 2 is 2.00 bits per heavy atom. The van der Waals surface area contributed by atoms with Crippen molar-refractivity contribution in [2.45, 2.75) is 31.6 Å². The van der Waals surface area contributed by atoms with E-state index < -0.39 is 15.8 Å². The summed E-state index contributed by atoms with van der Waals surface area (Å²) in [5.74, 6) is -0.295. The van der Waals surface area contributed by atoms with E-state index in [1.165, 1.54) is 12.1 Å². The molecule has 1 aromatic heterocycles. The lowest BCUT2D eigenvalue weighted by Gasteiger charge is -2.05. The summed E-state index contributed by atoms with van der Waals surface area (Å²) in [6, 6.07) is 3.39. The van der Waals surface area contributed by atoms with Crippen molar-refractivity contribution < 1.29 is 17.2 Å². The Morgan fingerprint density at radius 3 is 2.55 bits per heavy atom. The molecule has 8 heteroatoms. The fourth-order valence-corrected chi connectivity index (χ4v) is 2.36. The normalized spacial score (nSPS) is 11.8. The van der Waals surface area contributed by atoms with Gasteiger partial charge in [0.05, 0.1) is 4.90 Å². The highest BCUT2D eigenvalue weighted by atomic mass is 32.2. The first-order chi connectivity index (χ1) is 9.29. The van der Waals surface area contributed by atoms with Gasteiger partial charge in [-0.15, -0.1) is 5.10 Å². The van der Waals surface area contributed by atoms with Gasteiger partial charge in [-0.1, -0.05) is 25.0 Å². The number of aromatic nitrogens is 2. The lowest BCUT2D eigenvalue weighted by molar-refractivity contribution is 0.483. The van der Waals surface area contributed by atoms with Gasteiger partial charge in [-0.05, 0) is 24.6 Å². The SMILES string of the molecule is Cc1ccc(S(=O)(=O)Nc2nnc(C(C)C)o2)cc1F. The molecule has 0 aliphatic rings. The van der Waals surface area contributed by atoms with Crippen LogP contribution in [0.15, 0.2) is 27.5 Å². The number of sulfonamides is 1. The molecule has 6 nitrogen and oxygen atoms in total. The number of nitrogens with zero attached hydrogens (tertiary/aromatic N) is 2. The quantitative estimate of drug-likeness (QED) is 0.937. The molecule has 0 spiro atoms. The zero-order valence-electron chi connectivity index (χ0n) is 11.2. The minimum Gasteiger partial charge on any atom is -0.407 e. The predicted octanol–water partition coefficient (Wildman–Crippen LogP) is 2.44. The van der Waals surface area contributed by atoms with Crippen LogP contribution >= 0.6 is 0 Å². The maximum Gasteiger partial charge on any atom is 0.329 e. The van der Waals surface area contributed by atoms with Gasteiger partial charge in [-0.25, -0.2) is 17.5 Å². The number of aryl methyl sites for hydroxylation is 1. The number of benzene rings is 1. The van der Waals surface area contributed by atoms with Crippen molar-refractivity contribution in [2.75, 3.05) is 4.72 Å². The van der Waals surface area contributed by atoms with E-state index in [1.54, 1.807) is 6.92 Å². The van der Waals surface area contributed by atoms with Gasteiger partial charge in [0, 0.05) is 5.92 Å². The lowest BCUT2D eigenvalue weighted by Crippen LogP contribution is -2.13. The Hall–Kier alpha value is -1.96. The molecule has 0 bridgehead atoms. The summed E-state index contributed by atoms with van der Waals surface area (Å²) < 4.78 is 44.8. The third-order valence-electron chi connectivity index (χ3n) is 2.61. The summed E-state index contributed by atoms with van der Waals surface area (Å²) in [7, 11) is -3.95. The van der Waals surface area contributed by atoms with Crippen LogP contribution in [-0.4, -0.2) is 18.6 Å². The van der Waals surface area contributed by atoms with E-state index in [-0.39, 0.29) is 16.8 Å². The van der Waals surface area contributed by atoms with Crippen molar-refractivity contribution in [3.05, 3.63) is 35.5 Å². The first-order valence-electron chi connectivity index (χ1n) is 5.92. The van der Waals surface area contributed by atoms with Gasteiger partial charge in [0.2, 0.25) is 5.89 Å². The molecule has 0 saturated heterocycles. The van der Waals surface area contributed by atoms with Gasteiger partial charge in [0.25, 0.3) is 10.0 Å². The van der Waals surface area contributed by atoms with Crippen molar-refractivity contribution in [3.8, 4) is 0 Å². The van der Waals surface area contributed by atoms with Gasteiger partial charge in [0.15, 0.2) is 0 Å². The van der Waals surface area contributed by atoms with Crippen molar-refractivity contribution in [2.24, 2.45) is 0 Å². The van der Waals surface area contributed by atoms with Crippen molar-refractivity contribution in [3.63, 3.8) is 0 Å². The number of nitrogens with one attached hydrogen (secondary N) is 1. The first-order valence-corrected chi connectivity index (χ1v) is 7.40. The van der Waals surface area contributed by atoms with E-state index in [4.69, 9.17) is 4.42 Å². The van der Waals surface area contributed by atoms with Crippen LogP contribution in [-0.2, 0) is 10.0 Å². The Labute approximate surface area is 116 Å². The summed E-state index contributed by atoms with van der Waals surface area (Å²) in [4.78, 5) is -0.204. The van der Waals surface area contributed by atoms with Crippen LogP contribution in [0.1, 0.15) is 31.2 Å². The molecule has 0 aliphatic carbocycles. The van der Waals surface area contributed by atoms with E-state index in [1.807, 2.05) is 13.8 Å². The molecule has 20 heavy (non-hydrogen) atoms. The van der Waals surface area contributed by atoms with Crippen LogP contribution in [0.4, 0.5) is 10.4 Å². The fourth-order valence-electron chi connectivity index (χ4n) is 1.42. The third kappa shape index (κ3) is 2.96. The van der Waals surface area contributed by atoms with Crippen LogP contribution < -0.4 is 4.72 Å². The summed E-state index contributed by atoms with van der Waals surface area (Å²) in [5, 5.41) is 7.29. The second-order valence-electron chi connectivity index (χ2n) is 4.62. The number of halogens is 1. The smallest absolute Gasteiger partial charge is 0.329 e. The van der Waals surface area contributed by atoms with Crippen molar-refractivity contribution >= 4 is 16.0 Å². The monoisotopic (exact) mass is 299 g/mol. The molecule has 0 unspecified atom stereocenters. The second-order valence-corrected chi connectivity index (χ2v) is 6.30. The van der Waals surface area contributed by atoms with Gasteiger partial charge in [0.1, 0.15) is 5.82 Å². The maximum absolute atomic E-state index is 13.4. The van der Waals surface area contributed by atoms with Crippen LogP contribution in [0.25, 0.3) is 0 Å². The van der Waals surface area contributed by atoms with Gasteiger partial charge >= 0.3 is 6.01 Å². The summed E-state index contributed by atoms with van der Waals surface area (Å²) in [6.07, 6.45) is 0. The molecular formula is C12H14FN3O3S. The highest BCUT2D eigenvalue weighted by Gasteiger charge is 2.19. The van der Waals surface area contributed by atoms with Crippen LogP contribution in [0, 0.1) is 12.7 Å². The minimum absolute atomic E-state index is 0.0161. The standard InChI is InChI=1S/C12H14FN3O3S/c1-7(2)11-14-15-12(19-11)16-20(17,18)9-5-4-8(3)10(13)6-9/h4-7H,1-3H3,(H,15,16). The van der Waals surface area contributed by atoms with Crippen LogP contribution in [0.3, 0.4) is 0 Å². The molecule has 108 valence electrons. The lowest BCUT2D eigenvalue weighted by atomic mass is 10.2. The molecular weight excluding hydrogens is 285 g/mol. The second kappa shape index (κ2) is 5.20. The van der Waals surface area contributed by atoms with Crippen LogP contribution in [0.2, 0.25) is 0 Å². The molecule has 0 aliphatic heterocycles.